The molecule has 3 N–H and O–H groups in total. The number of nitrogens with zero attached hydrogens (tertiary/aromatic N) is 2. The summed E-state index contributed by atoms with van der Waals surface area (Å²) in [6.45, 7) is 4.62. The van der Waals surface area contributed by atoms with Gasteiger partial charge in [0.15, 0.2) is 0 Å². The number of hydrogen-bond acceptors (Lipinski definition) is 5. The van der Waals surface area contributed by atoms with Crippen molar-refractivity contribution >= 4 is 12.4 Å². The highest BCUT2D eigenvalue weighted by Gasteiger charge is 2.14. The van der Waals surface area contributed by atoms with E-state index in [4.69, 9.17) is 19.7 Å². The van der Waals surface area contributed by atoms with Crippen LogP contribution < -0.4 is 0 Å². The quantitative estimate of drug-likeness (QED) is 0.597. The number of amides is 1. The highest BCUT2D eigenvalue weighted by atomic mass is 16.5. The Kier molecular flexibility index (Phi) is 9.89. The number of aryl methyl sites for hydroxylation is 1. The molecule has 1 rings (SSSR count). The van der Waals surface area contributed by atoms with Gasteiger partial charge in [-0.05, 0) is 13.8 Å². The smallest absolute Gasteiger partial charge is 0.290 e. The van der Waals surface area contributed by atoms with Crippen LogP contribution in [0.15, 0.2) is 6.20 Å². The molecule has 1 heterocycles. The van der Waals surface area contributed by atoms with Crippen molar-refractivity contribution in [2.45, 2.75) is 20.4 Å². The summed E-state index contributed by atoms with van der Waals surface area (Å²) in [6, 6.07) is 0. The van der Waals surface area contributed by atoms with Crippen LogP contribution in [0.4, 0.5) is 0 Å². The lowest BCUT2D eigenvalue weighted by molar-refractivity contribution is -0.137. The summed E-state index contributed by atoms with van der Waals surface area (Å²) >= 11 is 0. The molecule has 114 valence electrons. The third-order valence-electron chi connectivity index (χ3n) is 2.27. The predicted octanol–water partition coefficient (Wildman–Crippen LogP) is -0.224. The molecule has 1 amide bonds. The second kappa shape index (κ2) is 10.9. The van der Waals surface area contributed by atoms with Gasteiger partial charge < -0.3 is 24.8 Å². The summed E-state index contributed by atoms with van der Waals surface area (Å²) in [4.78, 5) is 28.8. The minimum atomic E-state index is -0.250. The molecule has 0 radical (unpaired) electrons. The Morgan fingerprint density at radius 1 is 1.60 bits per heavy atom. The molecule has 0 aromatic carbocycles. The number of aliphatic hydroxyl groups excluding tert-OH is 1. The highest BCUT2D eigenvalue weighted by molar-refractivity contribution is 5.77. The van der Waals surface area contributed by atoms with Crippen LogP contribution in [0.5, 0.6) is 0 Å². The van der Waals surface area contributed by atoms with Crippen LogP contribution in [-0.4, -0.2) is 63.8 Å². The average Bonchev–Trinajstić information content (AvgIpc) is 2.82. The van der Waals surface area contributed by atoms with E-state index in [9.17, 15) is 4.79 Å². The van der Waals surface area contributed by atoms with Crippen LogP contribution in [0.25, 0.3) is 0 Å². The molecule has 0 unspecified atom stereocenters. The van der Waals surface area contributed by atoms with E-state index in [0.717, 1.165) is 11.5 Å². The summed E-state index contributed by atoms with van der Waals surface area (Å²) in [6.07, 6.45) is 1.69. The molecule has 0 saturated heterocycles. The van der Waals surface area contributed by atoms with Gasteiger partial charge in [0.1, 0.15) is 12.4 Å². The lowest BCUT2D eigenvalue weighted by Gasteiger charge is -2.20. The summed E-state index contributed by atoms with van der Waals surface area (Å²) in [7, 11) is 0. The van der Waals surface area contributed by atoms with E-state index in [1.54, 1.807) is 11.1 Å². The SMILES string of the molecule is CCOCC(=O)N(CCO)Cc1cnc(C)[nH]1.O=CO. The molecule has 8 heteroatoms. The minimum Gasteiger partial charge on any atom is -0.483 e. The molecule has 0 bridgehead atoms. The molecule has 0 fully saturated rings. The van der Waals surface area contributed by atoms with E-state index in [2.05, 4.69) is 9.97 Å². The third-order valence-corrected chi connectivity index (χ3v) is 2.27. The Morgan fingerprint density at radius 3 is 2.70 bits per heavy atom. The summed E-state index contributed by atoms with van der Waals surface area (Å²) < 4.78 is 5.07. The molecular formula is C12H21N3O5. The highest BCUT2D eigenvalue weighted by Crippen LogP contribution is 2.02. The molecule has 1 aromatic heterocycles. The number of nitrogens with one attached hydrogen (secondary N) is 1. The van der Waals surface area contributed by atoms with Gasteiger partial charge in [-0.1, -0.05) is 0 Å². The van der Waals surface area contributed by atoms with Gasteiger partial charge in [0.05, 0.1) is 25.0 Å². The second-order valence-electron chi connectivity index (χ2n) is 3.78. The first-order valence-corrected chi connectivity index (χ1v) is 6.13. The molecular weight excluding hydrogens is 266 g/mol. The van der Waals surface area contributed by atoms with Gasteiger partial charge in [-0.15, -0.1) is 0 Å². The van der Waals surface area contributed by atoms with Crippen LogP contribution in [0.1, 0.15) is 18.4 Å². The number of imidazole rings is 1. The Hall–Kier alpha value is -1.93. The van der Waals surface area contributed by atoms with Crippen molar-refractivity contribution in [3.8, 4) is 0 Å². The maximum atomic E-state index is 11.8. The van der Waals surface area contributed by atoms with Gasteiger partial charge in [0.25, 0.3) is 6.47 Å². The van der Waals surface area contributed by atoms with Crippen LogP contribution in [0, 0.1) is 6.92 Å². The number of aromatic nitrogens is 2. The van der Waals surface area contributed by atoms with Crippen molar-refractivity contribution in [3.63, 3.8) is 0 Å². The first-order chi connectivity index (χ1) is 9.58. The zero-order valence-electron chi connectivity index (χ0n) is 11.7. The number of ether oxygens (including phenoxy) is 1. The molecule has 0 spiro atoms. The first-order valence-electron chi connectivity index (χ1n) is 6.13. The largest absolute Gasteiger partial charge is 0.483 e. The number of carbonyl (C=O) groups excluding carboxylic acids is 1. The number of carboxylic acid groups (broad SMARTS) is 1. The fraction of sp³-hybridized carbons (Fsp3) is 0.583. The zero-order valence-corrected chi connectivity index (χ0v) is 11.7. The lowest BCUT2D eigenvalue weighted by atomic mass is 10.4. The molecule has 0 atom stereocenters. The van der Waals surface area contributed by atoms with E-state index in [-0.39, 0.29) is 25.6 Å². The van der Waals surface area contributed by atoms with Gasteiger partial charge in [-0.3, -0.25) is 9.59 Å². The Balaban J connectivity index is 0.00000110. The molecule has 0 aliphatic heterocycles. The number of H-pyrrole nitrogens is 1. The number of carbonyl (C=O) groups is 2. The molecule has 0 aliphatic rings. The van der Waals surface area contributed by atoms with E-state index in [1.807, 2.05) is 13.8 Å². The second-order valence-corrected chi connectivity index (χ2v) is 3.78. The predicted molar refractivity (Wildman–Crippen MR) is 71.0 cm³/mol. The first kappa shape index (κ1) is 18.1. The zero-order chi connectivity index (χ0) is 15.4. The molecule has 1 aromatic rings. The van der Waals surface area contributed by atoms with Crippen molar-refractivity contribution < 1.29 is 24.5 Å². The monoisotopic (exact) mass is 287 g/mol. The maximum Gasteiger partial charge on any atom is 0.290 e. The fourth-order valence-corrected chi connectivity index (χ4v) is 1.45. The standard InChI is InChI=1S/C11H19N3O3.CH2O2/c1-3-17-8-11(16)14(4-5-15)7-10-6-12-9(2)13-10;2-1-3/h6,15H,3-5,7-8H2,1-2H3,(H,12,13);1H,(H,2,3). The van der Waals surface area contributed by atoms with Crippen LogP contribution in [-0.2, 0) is 20.9 Å². The number of hydrogen-bond donors (Lipinski definition) is 3. The molecule has 0 aliphatic carbocycles. The summed E-state index contributed by atoms with van der Waals surface area (Å²) in [5.74, 6) is 0.675. The number of aromatic amines is 1. The van der Waals surface area contributed by atoms with Crippen LogP contribution >= 0.6 is 0 Å². The van der Waals surface area contributed by atoms with Crippen LogP contribution in [0.2, 0.25) is 0 Å². The Labute approximate surface area is 117 Å². The van der Waals surface area contributed by atoms with Gasteiger partial charge in [-0.2, -0.15) is 0 Å². The lowest BCUT2D eigenvalue weighted by Crippen LogP contribution is -2.35. The third kappa shape index (κ3) is 7.49. The van der Waals surface area contributed by atoms with E-state index < -0.39 is 0 Å². The van der Waals surface area contributed by atoms with Gasteiger partial charge in [-0.25, -0.2) is 4.98 Å². The molecule has 20 heavy (non-hydrogen) atoms. The van der Waals surface area contributed by atoms with E-state index in [1.165, 1.54) is 0 Å². The van der Waals surface area contributed by atoms with Crippen molar-refractivity contribution in [3.05, 3.63) is 17.7 Å². The van der Waals surface area contributed by atoms with Crippen molar-refractivity contribution in [2.24, 2.45) is 0 Å². The average molecular weight is 287 g/mol. The maximum absolute atomic E-state index is 11.8. The minimum absolute atomic E-state index is 0.0453. The van der Waals surface area contributed by atoms with Crippen LogP contribution in [0.3, 0.4) is 0 Å². The normalized spacial score (nSPS) is 9.55. The summed E-state index contributed by atoms with van der Waals surface area (Å²) in [5.41, 5.74) is 0.848. The van der Waals surface area contributed by atoms with E-state index in [0.29, 0.717) is 19.7 Å². The topological polar surface area (TPSA) is 116 Å². The van der Waals surface area contributed by atoms with Gasteiger partial charge >= 0.3 is 0 Å². The van der Waals surface area contributed by atoms with E-state index >= 15 is 0 Å². The fourth-order valence-electron chi connectivity index (χ4n) is 1.45. The van der Waals surface area contributed by atoms with Crippen molar-refractivity contribution in [1.82, 2.24) is 14.9 Å². The number of rotatable bonds is 7. The van der Waals surface area contributed by atoms with Gasteiger partial charge in [0, 0.05) is 13.2 Å². The van der Waals surface area contributed by atoms with Gasteiger partial charge in [0.2, 0.25) is 5.91 Å². The van der Waals surface area contributed by atoms with Crippen molar-refractivity contribution in [1.29, 1.82) is 0 Å². The molecule has 0 saturated carbocycles. The number of aliphatic hydroxyl groups is 1. The molecule has 8 nitrogen and oxygen atoms in total. The summed E-state index contributed by atoms with van der Waals surface area (Å²) in [5, 5.41) is 15.8. The Bertz CT molecular complexity index is 394. The van der Waals surface area contributed by atoms with Crippen molar-refractivity contribution in [2.75, 3.05) is 26.4 Å². The Morgan fingerprint density at radius 2 is 2.25 bits per heavy atom.